The molecule has 132 valence electrons. The molecule has 2 rings (SSSR count). The number of halogens is 1. The van der Waals surface area contributed by atoms with Crippen molar-refractivity contribution in [2.24, 2.45) is 0 Å². The van der Waals surface area contributed by atoms with Gasteiger partial charge in [0.2, 0.25) is 11.8 Å². The van der Waals surface area contributed by atoms with Gasteiger partial charge in [-0.3, -0.25) is 9.59 Å². The highest BCUT2D eigenvalue weighted by Crippen LogP contribution is 2.23. The van der Waals surface area contributed by atoms with Crippen molar-refractivity contribution in [3.8, 4) is 5.75 Å². The Balaban J connectivity index is 1.99. The van der Waals surface area contributed by atoms with E-state index in [1.807, 2.05) is 19.1 Å². The molecule has 0 aliphatic heterocycles. The molecule has 0 aliphatic carbocycles. The van der Waals surface area contributed by atoms with E-state index in [0.717, 1.165) is 11.3 Å². The van der Waals surface area contributed by atoms with E-state index in [9.17, 15) is 9.59 Å². The number of methoxy groups -OCH3 is 1. The largest absolute Gasteiger partial charge is 0.497 e. The summed E-state index contributed by atoms with van der Waals surface area (Å²) in [6, 6.07) is 12.5. The first-order valence-corrected chi connectivity index (χ1v) is 8.26. The van der Waals surface area contributed by atoms with E-state index in [1.165, 1.54) is 6.92 Å². The minimum atomic E-state index is -0.172. The summed E-state index contributed by atoms with van der Waals surface area (Å²) in [4.78, 5) is 25.6. The number of nitrogens with zero attached hydrogens (tertiary/aromatic N) is 1. The Morgan fingerprint density at radius 3 is 2.40 bits per heavy atom. The lowest BCUT2D eigenvalue weighted by Gasteiger charge is -2.21. The first-order chi connectivity index (χ1) is 11.9. The molecule has 5 nitrogen and oxygen atoms in total. The van der Waals surface area contributed by atoms with Crippen molar-refractivity contribution in [1.82, 2.24) is 0 Å². The maximum atomic E-state index is 12.1. The van der Waals surface area contributed by atoms with Crippen molar-refractivity contribution in [3.05, 3.63) is 53.1 Å². The summed E-state index contributed by atoms with van der Waals surface area (Å²) in [7, 11) is 1.58. The van der Waals surface area contributed by atoms with Gasteiger partial charge in [-0.15, -0.1) is 0 Å². The van der Waals surface area contributed by atoms with Gasteiger partial charge in [0.25, 0.3) is 0 Å². The Morgan fingerprint density at radius 2 is 1.84 bits per heavy atom. The van der Waals surface area contributed by atoms with Crippen LogP contribution in [0, 0.1) is 6.92 Å². The van der Waals surface area contributed by atoms with Gasteiger partial charge in [-0.25, -0.2) is 0 Å². The molecule has 0 radical (unpaired) electrons. The number of hydrogen-bond acceptors (Lipinski definition) is 3. The Bertz CT molecular complexity index is 760. The van der Waals surface area contributed by atoms with Crippen molar-refractivity contribution in [1.29, 1.82) is 0 Å². The average molecular weight is 361 g/mol. The summed E-state index contributed by atoms with van der Waals surface area (Å²) in [5.41, 5.74) is 2.30. The zero-order valence-electron chi connectivity index (χ0n) is 14.5. The summed E-state index contributed by atoms with van der Waals surface area (Å²) in [6.45, 7) is 3.64. The van der Waals surface area contributed by atoms with Crippen LogP contribution in [0.1, 0.15) is 18.9 Å². The molecular formula is C19H21ClN2O3. The van der Waals surface area contributed by atoms with Gasteiger partial charge in [0.1, 0.15) is 5.75 Å². The number of ether oxygens (including phenoxy) is 1. The highest BCUT2D eigenvalue weighted by molar-refractivity contribution is 6.31. The smallest absolute Gasteiger partial charge is 0.226 e. The Hall–Kier alpha value is -2.53. The summed E-state index contributed by atoms with van der Waals surface area (Å²) >= 11 is 6.13. The predicted molar refractivity (Wildman–Crippen MR) is 100 cm³/mol. The second-order valence-electron chi connectivity index (χ2n) is 5.63. The molecule has 0 saturated heterocycles. The van der Waals surface area contributed by atoms with E-state index in [0.29, 0.717) is 16.4 Å². The molecule has 2 amide bonds. The second-order valence-corrected chi connectivity index (χ2v) is 6.04. The van der Waals surface area contributed by atoms with Gasteiger partial charge in [0.15, 0.2) is 0 Å². The quantitative estimate of drug-likeness (QED) is 0.845. The number of nitrogens with one attached hydrogen (secondary N) is 1. The van der Waals surface area contributed by atoms with Gasteiger partial charge >= 0.3 is 0 Å². The standard InChI is InChI=1S/C19H21ClN2O3/c1-13-4-7-16(12-18(13)20)22(14(2)23)11-10-19(24)21-15-5-8-17(25-3)9-6-15/h4-9,12H,10-11H2,1-3H3,(H,21,24). The molecule has 2 aromatic carbocycles. The number of benzene rings is 2. The number of anilines is 2. The number of rotatable bonds is 6. The fourth-order valence-electron chi connectivity index (χ4n) is 2.33. The Kier molecular flexibility index (Phi) is 6.42. The first-order valence-electron chi connectivity index (χ1n) is 7.89. The van der Waals surface area contributed by atoms with Crippen LogP contribution in [0.25, 0.3) is 0 Å². The van der Waals surface area contributed by atoms with Crippen LogP contribution in [-0.2, 0) is 9.59 Å². The van der Waals surface area contributed by atoms with Gasteiger partial charge in [-0.05, 0) is 48.9 Å². The van der Waals surface area contributed by atoms with E-state index in [1.54, 1.807) is 42.3 Å². The van der Waals surface area contributed by atoms with E-state index in [4.69, 9.17) is 16.3 Å². The molecule has 0 spiro atoms. The Morgan fingerprint density at radius 1 is 1.16 bits per heavy atom. The topological polar surface area (TPSA) is 58.6 Å². The minimum absolute atomic E-state index is 0.142. The number of aryl methyl sites for hydroxylation is 1. The zero-order chi connectivity index (χ0) is 18.4. The van der Waals surface area contributed by atoms with Gasteiger partial charge in [-0.1, -0.05) is 17.7 Å². The van der Waals surface area contributed by atoms with Crippen LogP contribution in [-0.4, -0.2) is 25.5 Å². The number of hydrogen-bond donors (Lipinski definition) is 1. The molecule has 0 bridgehead atoms. The van der Waals surface area contributed by atoms with Crippen LogP contribution in [0.2, 0.25) is 5.02 Å². The van der Waals surface area contributed by atoms with Gasteiger partial charge in [0, 0.05) is 36.3 Å². The lowest BCUT2D eigenvalue weighted by Crippen LogP contribution is -2.32. The highest BCUT2D eigenvalue weighted by Gasteiger charge is 2.14. The molecule has 0 atom stereocenters. The number of carbonyl (C=O) groups is 2. The molecule has 0 saturated carbocycles. The molecule has 0 aromatic heterocycles. The average Bonchev–Trinajstić information content (AvgIpc) is 2.58. The Labute approximate surface area is 152 Å². The summed E-state index contributed by atoms with van der Waals surface area (Å²) < 4.78 is 5.08. The SMILES string of the molecule is COc1ccc(NC(=O)CCN(C(C)=O)c2ccc(C)c(Cl)c2)cc1. The minimum Gasteiger partial charge on any atom is -0.497 e. The summed E-state index contributed by atoms with van der Waals surface area (Å²) in [6.07, 6.45) is 0.178. The molecule has 2 aromatic rings. The van der Waals surface area contributed by atoms with Crippen molar-refractivity contribution < 1.29 is 14.3 Å². The maximum absolute atomic E-state index is 12.1. The van der Waals surface area contributed by atoms with E-state index in [2.05, 4.69) is 5.32 Å². The van der Waals surface area contributed by atoms with Crippen molar-refractivity contribution in [2.75, 3.05) is 23.9 Å². The third kappa shape index (κ3) is 5.22. The summed E-state index contributed by atoms with van der Waals surface area (Å²) in [5, 5.41) is 3.39. The van der Waals surface area contributed by atoms with Gasteiger partial charge in [0.05, 0.1) is 7.11 Å². The fraction of sp³-hybridized carbons (Fsp3) is 0.263. The van der Waals surface area contributed by atoms with Crippen LogP contribution in [0.15, 0.2) is 42.5 Å². The third-order valence-electron chi connectivity index (χ3n) is 3.78. The molecule has 0 aliphatic rings. The van der Waals surface area contributed by atoms with Crippen LogP contribution >= 0.6 is 11.6 Å². The van der Waals surface area contributed by atoms with Crippen LogP contribution in [0.4, 0.5) is 11.4 Å². The van der Waals surface area contributed by atoms with Crippen LogP contribution in [0.5, 0.6) is 5.75 Å². The molecule has 6 heteroatoms. The third-order valence-corrected chi connectivity index (χ3v) is 4.19. The van der Waals surface area contributed by atoms with Crippen molar-refractivity contribution in [3.63, 3.8) is 0 Å². The van der Waals surface area contributed by atoms with Crippen molar-refractivity contribution >= 4 is 34.8 Å². The predicted octanol–water partition coefficient (Wildman–Crippen LogP) is 4.04. The van der Waals surface area contributed by atoms with E-state index in [-0.39, 0.29) is 24.8 Å². The molecule has 0 fully saturated rings. The molecule has 0 unspecified atom stereocenters. The van der Waals surface area contributed by atoms with Crippen LogP contribution in [0.3, 0.4) is 0 Å². The normalized spacial score (nSPS) is 10.2. The van der Waals surface area contributed by atoms with Gasteiger partial charge < -0.3 is 15.0 Å². The lowest BCUT2D eigenvalue weighted by atomic mass is 10.2. The van der Waals surface area contributed by atoms with E-state index >= 15 is 0 Å². The second kappa shape index (κ2) is 8.53. The van der Waals surface area contributed by atoms with E-state index < -0.39 is 0 Å². The van der Waals surface area contributed by atoms with Crippen molar-refractivity contribution in [2.45, 2.75) is 20.3 Å². The number of carbonyl (C=O) groups excluding carboxylic acids is 2. The molecule has 25 heavy (non-hydrogen) atoms. The maximum Gasteiger partial charge on any atom is 0.226 e. The molecule has 1 N–H and O–H groups in total. The molecule has 0 heterocycles. The fourth-order valence-corrected chi connectivity index (χ4v) is 2.50. The highest BCUT2D eigenvalue weighted by atomic mass is 35.5. The zero-order valence-corrected chi connectivity index (χ0v) is 15.3. The molecular weight excluding hydrogens is 340 g/mol. The lowest BCUT2D eigenvalue weighted by molar-refractivity contribution is -0.117. The van der Waals surface area contributed by atoms with Gasteiger partial charge in [-0.2, -0.15) is 0 Å². The van der Waals surface area contributed by atoms with Crippen LogP contribution < -0.4 is 15.0 Å². The summed E-state index contributed by atoms with van der Waals surface area (Å²) in [5.74, 6) is 0.406. The first kappa shape index (κ1) is 18.8. The monoisotopic (exact) mass is 360 g/mol. The number of amides is 2.